The Morgan fingerprint density at radius 3 is 2.52 bits per heavy atom. The SMILES string of the molecule is Cc1cc(F)ccc1[C@@H]1N(C(=O)OP)C[C@@]2(C)CN(Cc3ccccc3)C[C@]1(C)C2=O. The lowest BCUT2D eigenvalue weighted by Crippen LogP contribution is -2.69. The van der Waals surface area contributed by atoms with Crippen molar-refractivity contribution in [2.45, 2.75) is 33.4 Å². The van der Waals surface area contributed by atoms with Crippen LogP contribution in [-0.2, 0) is 15.9 Å². The monoisotopic (exact) mass is 442 g/mol. The number of hydrogen-bond donors (Lipinski definition) is 0. The van der Waals surface area contributed by atoms with Crippen LogP contribution in [0.5, 0.6) is 0 Å². The fourth-order valence-corrected chi connectivity index (χ4v) is 5.77. The first kappa shape index (κ1) is 21.9. The summed E-state index contributed by atoms with van der Waals surface area (Å²) in [5, 5.41) is 0. The van der Waals surface area contributed by atoms with Crippen LogP contribution in [0.3, 0.4) is 0 Å². The predicted molar refractivity (Wildman–Crippen MR) is 120 cm³/mol. The number of carbonyl (C=O) groups is 2. The fourth-order valence-electron chi connectivity index (χ4n) is 5.64. The fraction of sp³-hybridized carbons (Fsp3) is 0.417. The Hall–Kier alpha value is -2.30. The van der Waals surface area contributed by atoms with E-state index in [0.717, 1.165) is 12.1 Å². The van der Waals surface area contributed by atoms with Gasteiger partial charge in [0.1, 0.15) is 5.82 Å². The largest absolute Gasteiger partial charge is 0.435 e. The molecule has 2 aliphatic rings. The minimum atomic E-state index is -0.860. The first-order chi connectivity index (χ1) is 14.7. The van der Waals surface area contributed by atoms with Gasteiger partial charge in [-0.05, 0) is 49.6 Å². The number of aryl methyl sites for hydroxylation is 1. The predicted octanol–water partition coefficient (Wildman–Crippen LogP) is 4.52. The number of Topliss-reactive ketones (excluding diaryl/α,β-unsaturated/α-hetero) is 1. The summed E-state index contributed by atoms with van der Waals surface area (Å²) in [4.78, 5) is 30.5. The van der Waals surface area contributed by atoms with Gasteiger partial charge in [0.25, 0.3) is 0 Å². The Labute approximate surface area is 184 Å². The third kappa shape index (κ3) is 3.77. The van der Waals surface area contributed by atoms with Gasteiger partial charge in [0.2, 0.25) is 0 Å². The molecule has 1 amide bonds. The van der Waals surface area contributed by atoms with Crippen LogP contribution in [-0.4, -0.2) is 41.3 Å². The standard InChI is InChI=1S/C24H28FN2O3P/c1-16-11-18(25)9-10-19(16)20-24(3)15-26(12-17-7-5-4-6-8-17)13-23(2,21(24)28)14-27(20)22(29)30-31/h4-11,20H,12-15,31H2,1-3H3/t20-,23+,24-/m0/s1. The van der Waals surface area contributed by atoms with Gasteiger partial charge >= 0.3 is 6.09 Å². The van der Waals surface area contributed by atoms with Crippen molar-refractivity contribution in [2.75, 3.05) is 19.6 Å². The smallest absolute Gasteiger partial charge is 0.412 e. The van der Waals surface area contributed by atoms with E-state index in [2.05, 4.69) is 17.0 Å². The summed E-state index contributed by atoms with van der Waals surface area (Å²) in [6.07, 6.45) is -0.500. The first-order valence-corrected chi connectivity index (χ1v) is 10.9. The third-order valence-electron chi connectivity index (χ3n) is 6.74. The normalized spacial score (nSPS) is 28.5. The molecule has 2 aromatic carbocycles. The summed E-state index contributed by atoms with van der Waals surface area (Å²) in [5.41, 5.74) is 1.09. The van der Waals surface area contributed by atoms with E-state index in [-0.39, 0.29) is 18.1 Å². The molecule has 0 radical (unpaired) electrons. The van der Waals surface area contributed by atoms with E-state index in [1.165, 1.54) is 17.7 Å². The van der Waals surface area contributed by atoms with Crippen LogP contribution in [0.2, 0.25) is 0 Å². The zero-order chi connectivity index (χ0) is 22.4. The lowest BCUT2D eigenvalue weighted by atomic mass is 9.59. The van der Waals surface area contributed by atoms with Crippen LogP contribution >= 0.6 is 9.47 Å². The number of piperidine rings is 2. The average Bonchev–Trinajstić information content (AvgIpc) is 2.72. The van der Waals surface area contributed by atoms with Crippen LogP contribution < -0.4 is 0 Å². The van der Waals surface area contributed by atoms with Gasteiger partial charge in [-0.15, -0.1) is 0 Å². The number of hydrogen-bond acceptors (Lipinski definition) is 4. The molecule has 7 heteroatoms. The molecule has 4 rings (SSSR count). The van der Waals surface area contributed by atoms with Gasteiger partial charge in [-0.3, -0.25) is 14.6 Å². The van der Waals surface area contributed by atoms with Gasteiger partial charge in [0, 0.05) is 26.2 Å². The van der Waals surface area contributed by atoms with Crippen LogP contribution in [0.1, 0.15) is 36.6 Å². The van der Waals surface area contributed by atoms with E-state index < -0.39 is 23.0 Å². The summed E-state index contributed by atoms with van der Waals surface area (Å²) < 4.78 is 18.9. The molecule has 164 valence electrons. The molecule has 2 bridgehead atoms. The zero-order valence-electron chi connectivity index (χ0n) is 18.1. The van der Waals surface area contributed by atoms with E-state index >= 15 is 0 Å². The van der Waals surface area contributed by atoms with Gasteiger partial charge in [-0.25, -0.2) is 9.18 Å². The summed E-state index contributed by atoms with van der Waals surface area (Å²) >= 11 is 0. The van der Waals surface area contributed by atoms with Crippen molar-refractivity contribution >= 4 is 21.3 Å². The second-order valence-corrected chi connectivity index (χ2v) is 9.59. The van der Waals surface area contributed by atoms with Gasteiger partial charge in [0.05, 0.1) is 26.3 Å². The van der Waals surface area contributed by atoms with E-state index in [9.17, 15) is 14.0 Å². The minimum Gasteiger partial charge on any atom is -0.435 e. The topological polar surface area (TPSA) is 49.9 Å². The Kier molecular flexibility index (Phi) is 5.65. The van der Waals surface area contributed by atoms with E-state index in [0.29, 0.717) is 18.7 Å². The van der Waals surface area contributed by atoms with Crippen molar-refractivity contribution in [3.8, 4) is 0 Å². The van der Waals surface area contributed by atoms with E-state index in [1.807, 2.05) is 48.4 Å². The molecule has 31 heavy (non-hydrogen) atoms. The highest BCUT2D eigenvalue weighted by atomic mass is 31.0. The number of likely N-dealkylation sites (tertiary alicyclic amines) is 2. The third-order valence-corrected chi connectivity index (χ3v) is 6.94. The second kappa shape index (κ2) is 7.99. The first-order valence-electron chi connectivity index (χ1n) is 10.4. The van der Waals surface area contributed by atoms with E-state index in [1.54, 1.807) is 11.0 Å². The Morgan fingerprint density at radius 2 is 1.87 bits per heavy atom. The number of carbonyl (C=O) groups excluding carboxylic acids is 2. The molecule has 0 aromatic heterocycles. The molecule has 2 heterocycles. The van der Waals surface area contributed by atoms with Gasteiger partial charge < -0.3 is 4.52 Å². The highest BCUT2D eigenvalue weighted by molar-refractivity contribution is 7.10. The molecule has 2 saturated heterocycles. The number of benzene rings is 2. The van der Waals surface area contributed by atoms with Crippen molar-refractivity contribution in [3.05, 3.63) is 71.0 Å². The molecule has 2 fully saturated rings. The molecule has 0 N–H and O–H groups in total. The number of halogens is 1. The van der Waals surface area contributed by atoms with Crippen LogP contribution in [0.4, 0.5) is 9.18 Å². The number of fused-ring (bicyclic) bond motifs is 2. The van der Waals surface area contributed by atoms with Crippen LogP contribution in [0, 0.1) is 23.6 Å². The van der Waals surface area contributed by atoms with Crippen molar-refractivity contribution in [2.24, 2.45) is 10.8 Å². The lowest BCUT2D eigenvalue weighted by molar-refractivity contribution is -0.164. The number of nitrogens with zero attached hydrogens (tertiary/aromatic N) is 2. The Bertz CT molecular complexity index is 1020. The van der Waals surface area contributed by atoms with Crippen molar-refractivity contribution < 1.29 is 18.5 Å². The molecule has 0 spiro atoms. The molecule has 4 atom stereocenters. The van der Waals surface area contributed by atoms with Crippen molar-refractivity contribution in [3.63, 3.8) is 0 Å². The molecule has 2 aromatic rings. The van der Waals surface area contributed by atoms with Gasteiger partial charge in [-0.1, -0.05) is 36.4 Å². The average molecular weight is 442 g/mol. The van der Waals surface area contributed by atoms with Crippen LogP contribution in [0.15, 0.2) is 48.5 Å². The van der Waals surface area contributed by atoms with Gasteiger partial charge in [-0.2, -0.15) is 0 Å². The van der Waals surface area contributed by atoms with Crippen molar-refractivity contribution in [1.82, 2.24) is 9.80 Å². The zero-order valence-corrected chi connectivity index (χ0v) is 19.3. The number of ketones is 1. The van der Waals surface area contributed by atoms with Crippen LogP contribution in [0.25, 0.3) is 0 Å². The molecular weight excluding hydrogens is 414 g/mol. The van der Waals surface area contributed by atoms with E-state index in [4.69, 9.17) is 4.52 Å². The second-order valence-electron chi connectivity index (χ2n) is 9.35. The maximum Gasteiger partial charge on any atom is 0.412 e. The number of amides is 1. The molecular formula is C24H28FN2O3P. The summed E-state index contributed by atoms with van der Waals surface area (Å²) in [6.45, 7) is 7.71. The maximum atomic E-state index is 13.8. The number of rotatable bonds is 3. The highest BCUT2D eigenvalue weighted by Crippen LogP contribution is 2.53. The molecule has 0 saturated carbocycles. The summed E-state index contributed by atoms with van der Waals surface area (Å²) in [5.74, 6) is -0.196. The maximum absolute atomic E-state index is 13.8. The molecule has 0 aliphatic carbocycles. The molecule has 5 nitrogen and oxygen atoms in total. The summed E-state index contributed by atoms with van der Waals surface area (Å²) in [6, 6.07) is 14.2. The van der Waals surface area contributed by atoms with Crippen molar-refractivity contribution in [1.29, 1.82) is 0 Å². The highest BCUT2D eigenvalue weighted by Gasteiger charge is 2.62. The molecule has 1 unspecified atom stereocenters. The minimum absolute atomic E-state index is 0.144. The van der Waals surface area contributed by atoms with Gasteiger partial charge in [0.15, 0.2) is 5.78 Å². The Balaban J connectivity index is 1.79. The molecule has 2 aliphatic heterocycles. The Morgan fingerprint density at radius 1 is 1.16 bits per heavy atom. The quantitative estimate of drug-likeness (QED) is 0.656. The lowest BCUT2D eigenvalue weighted by Gasteiger charge is -2.59. The summed E-state index contributed by atoms with van der Waals surface area (Å²) in [7, 11) is 2.01.